The van der Waals surface area contributed by atoms with Crippen LogP contribution in [-0.2, 0) is 0 Å². The second-order valence-corrected chi connectivity index (χ2v) is 8.08. The molecule has 0 unspecified atom stereocenters. The number of methoxy groups -OCH3 is 1. The molecule has 3 aromatic carbocycles. The van der Waals surface area contributed by atoms with E-state index in [1.165, 1.54) is 7.11 Å². The van der Waals surface area contributed by atoms with Gasteiger partial charge in [-0.05, 0) is 60.0 Å². The van der Waals surface area contributed by atoms with Crippen LogP contribution in [0.5, 0.6) is 11.5 Å². The van der Waals surface area contributed by atoms with Crippen molar-refractivity contribution in [2.24, 2.45) is 5.92 Å². The number of rotatable bonds is 7. The van der Waals surface area contributed by atoms with Gasteiger partial charge in [0.25, 0.3) is 5.91 Å². The average molecular weight is 443 g/mol. The molecule has 0 aliphatic heterocycles. The fourth-order valence-electron chi connectivity index (χ4n) is 3.40. The zero-order valence-corrected chi connectivity index (χ0v) is 18.8. The second-order valence-electron chi connectivity index (χ2n) is 8.08. The van der Waals surface area contributed by atoms with Crippen molar-refractivity contribution < 1.29 is 18.7 Å². The molecule has 1 N–H and O–H groups in total. The zero-order chi connectivity index (χ0) is 23.4. The maximum atomic E-state index is 12.9. The highest BCUT2D eigenvalue weighted by molar-refractivity contribution is 6.05. The Kier molecular flexibility index (Phi) is 6.45. The molecule has 0 fully saturated rings. The third-order valence-electron chi connectivity index (χ3n) is 5.10. The summed E-state index contributed by atoms with van der Waals surface area (Å²) in [5.74, 6) is 1.31. The number of nitrogens with one attached hydrogen (secondary N) is 1. The largest absolute Gasteiger partial charge is 0.495 e. The maximum absolute atomic E-state index is 12.9. The molecule has 0 saturated carbocycles. The summed E-state index contributed by atoms with van der Waals surface area (Å²) in [4.78, 5) is 25.4. The molecule has 1 amide bonds. The lowest BCUT2D eigenvalue weighted by Crippen LogP contribution is -2.13. The molecule has 0 atom stereocenters. The standard InChI is InChI=1S/C27H25NO5/c1-17(2)16-32-21-11-8-18(9-12-21)26(29)28-23-15-19(10-13-25(23)31-3)22-14-20-6-4-5-7-24(20)33-27(22)30/h4-15,17H,16H2,1-3H3,(H,28,29). The van der Waals surface area contributed by atoms with E-state index in [2.05, 4.69) is 19.2 Å². The molecule has 33 heavy (non-hydrogen) atoms. The van der Waals surface area contributed by atoms with Crippen LogP contribution in [0.25, 0.3) is 22.1 Å². The van der Waals surface area contributed by atoms with Crippen LogP contribution in [-0.4, -0.2) is 19.6 Å². The number of anilines is 1. The Hall–Kier alpha value is -4.06. The van der Waals surface area contributed by atoms with Crippen LogP contribution >= 0.6 is 0 Å². The van der Waals surface area contributed by atoms with Crippen LogP contribution < -0.4 is 20.4 Å². The molecule has 0 aliphatic carbocycles. The third-order valence-corrected chi connectivity index (χ3v) is 5.10. The molecule has 0 spiro atoms. The predicted molar refractivity (Wildman–Crippen MR) is 129 cm³/mol. The first-order chi connectivity index (χ1) is 15.9. The first-order valence-electron chi connectivity index (χ1n) is 10.7. The van der Waals surface area contributed by atoms with Gasteiger partial charge in [-0.3, -0.25) is 4.79 Å². The number of hydrogen-bond donors (Lipinski definition) is 1. The van der Waals surface area contributed by atoms with E-state index in [0.717, 1.165) is 5.39 Å². The van der Waals surface area contributed by atoms with Gasteiger partial charge in [0.15, 0.2) is 0 Å². The molecule has 1 aromatic heterocycles. The summed E-state index contributed by atoms with van der Waals surface area (Å²) in [6, 6.07) is 21.2. The molecule has 4 aromatic rings. The number of carbonyl (C=O) groups is 1. The monoisotopic (exact) mass is 443 g/mol. The topological polar surface area (TPSA) is 77.8 Å². The zero-order valence-electron chi connectivity index (χ0n) is 18.8. The summed E-state index contributed by atoms with van der Waals surface area (Å²) < 4.78 is 16.5. The molecule has 168 valence electrons. The predicted octanol–water partition coefficient (Wildman–Crippen LogP) is 5.76. The molecule has 0 saturated heterocycles. The summed E-state index contributed by atoms with van der Waals surface area (Å²) in [5, 5.41) is 3.69. The van der Waals surface area contributed by atoms with Crippen molar-refractivity contribution in [2.75, 3.05) is 19.0 Å². The Bertz CT molecular complexity index is 1340. The molecule has 6 nitrogen and oxygen atoms in total. The van der Waals surface area contributed by atoms with Gasteiger partial charge in [0.1, 0.15) is 17.1 Å². The summed E-state index contributed by atoms with van der Waals surface area (Å²) >= 11 is 0. The third kappa shape index (κ3) is 5.06. The highest BCUT2D eigenvalue weighted by Crippen LogP contribution is 2.31. The maximum Gasteiger partial charge on any atom is 0.344 e. The van der Waals surface area contributed by atoms with Crippen molar-refractivity contribution in [1.29, 1.82) is 0 Å². The van der Waals surface area contributed by atoms with E-state index >= 15 is 0 Å². The normalized spacial score (nSPS) is 10.9. The smallest absolute Gasteiger partial charge is 0.344 e. The number of hydrogen-bond acceptors (Lipinski definition) is 5. The molecule has 4 rings (SSSR count). The second kappa shape index (κ2) is 9.61. The lowest BCUT2D eigenvalue weighted by atomic mass is 10.0. The van der Waals surface area contributed by atoms with E-state index in [9.17, 15) is 9.59 Å². The Balaban J connectivity index is 1.61. The van der Waals surface area contributed by atoms with Crippen molar-refractivity contribution in [3.8, 4) is 22.6 Å². The van der Waals surface area contributed by atoms with Crippen LogP contribution in [0.4, 0.5) is 5.69 Å². The molecule has 1 heterocycles. The number of carbonyl (C=O) groups excluding carboxylic acids is 1. The Morgan fingerprint density at radius 3 is 2.48 bits per heavy atom. The summed E-state index contributed by atoms with van der Waals surface area (Å²) in [5.41, 5.74) is 2.01. The highest BCUT2D eigenvalue weighted by atomic mass is 16.5. The van der Waals surface area contributed by atoms with E-state index in [4.69, 9.17) is 13.9 Å². The van der Waals surface area contributed by atoms with Crippen LogP contribution in [0.1, 0.15) is 24.2 Å². The first kappa shape index (κ1) is 22.1. The van der Waals surface area contributed by atoms with Gasteiger partial charge in [-0.1, -0.05) is 38.1 Å². The van der Waals surface area contributed by atoms with Gasteiger partial charge in [0.05, 0.1) is 25.0 Å². The number of benzene rings is 3. The van der Waals surface area contributed by atoms with Gasteiger partial charge in [-0.25, -0.2) is 4.79 Å². The molecular formula is C27H25NO5. The lowest BCUT2D eigenvalue weighted by molar-refractivity contribution is 0.102. The van der Waals surface area contributed by atoms with Gasteiger partial charge in [-0.2, -0.15) is 0 Å². The fraction of sp³-hybridized carbons (Fsp3) is 0.185. The minimum absolute atomic E-state index is 0.300. The van der Waals surface area contributed by atoms with Crippen LogP contribution in [0.3, 0.4) is 0 Å². The molecule has 0 aliphatic rings. The minimum Gasteiger partial charge on any atom is -0.495 e. The summed E-state index contributed by atoms with van der Waals surface area (Å²) in [6.07, 6.45) is 0. The van der Waals surface area contributed by atoms with E-state index in [0.29, 0.717) is 52.0 Å². The highest BCUT2D eigenvalue weighted by Gasteiger charge is 2.14. The number of fused-ring (bicyclic) bond motifs is 1. The minimum atomic E-state index is -0.451. The van der Waals surface area contributed by atoms with Crippen molar-refractivity contribution in [3.05, 3.63) is 88.8 Å². The van der Waals surface area contributed by atoms with E-state index in [1.54, 1.807) is 54.6 Å². The summed E-state index contributed by atoms with van der Waals surface area (Å²) in [6.45, 7) is 4.76. The Morgan fingerprint density at radius 2 is 1.76 bits per heavy atom. The van der Waals surface area contributed by atoms with E-state index in [-0.39, 0.29) is 5.91 Å². The number of para-hydroxylation sites is 1. The van der Waals surface area contributed by atoms with Gasteiger partial charge >= 0.3 is 5.63 Å². The van der Waals surface area contributed by atoms with Gasteiger partial charge in [0, 0.05) is 10.9 Å². The SMILES string of the molecule is COc1ccc(-c2cc3ccccc3oc2=O)cc1NC(=O)c1ccc(OCC(C)C)cc1. The van der Waals surface area contributed by atoms with Crippen molar-refractivity contribution >= 4 is 22.6 Å². The Morgan fingerprint density at radius 1 is 1.00 bits per heavy atom. The molecule has 0 bridgehead atoms. The first-order valence-corrected chi connectivity index (χ1v) is 10.7. The Labute approximate surface area is 191 Å². The van der Waals surface area contributed by atoms with Crippen molar-refractivity contribution in [3.63, 3.8) is 0 Å². The van der Waals surface area contributed by atoms with Crippen molar-refractivity contribution in [2.45, 2.75) is 13.8 Å². The van der Waals surface area contributed by atoms with Crippen molar-refractivity contribution in [1.82, 2.24) is 0 Å². The van der Waals surface area contributed by atoms with Gasteiger partial charge in [0.2, 0.25) is 0 Å². The summed E-state index contributed by atoms with van der Waals surface area (Å²) in [7, 11) is 1.52. The number of ether oxygens (including phenoxy) is 2. The quantitative estimate of drug-likeness (QED) is 0.368. The molecular weight excluding hydrogens is 418 g/mol. The number of amides is 1. The van der Waals surface area contributed by atoms with E-state index in [1.807, 2.05) is 18.2 Å². The van der Waals surface area contributed by atoms with E-state index < -0.39 is 5.63 Å². The lowest BCUT2D eigenvalue weighted by Gasteiger charge is -2.13. The average Bonchev–Trinajstić information content (AvgIpc) is 2.82. The van der Waals surface area contributed by atoms with Crippen LogP contribution in [0, 0.1) is 5.92 Å². The molecule has 0 radical (unpaired) electrons. The fourth-order valence-corrected chi connectivity index (χ4v) is 3.40. The van der Waals surface area contributed by atoms with Crippen LogP contribution in [0.2, 0.25) is 0 Å². The van der Waals surface area contributed by atoms with Crippen LogP contribution in [0.15, 0.2) is 82.0 Å². The van der Waals surface area contributed by atoms with Gasteiger partial charge < -0.3 is 19.2 Å². The molecule has 6 heteroatoms. The van der Waals surface area contributed by atoms with Gasteiger partial charge in [-0.15, -0.1) is 0 Å².